The maximum absolute atomic E-state index is 9.98. The Morgan fingerprint density at radius 3 is 2.82 bits per heavy atom. The maximum atomic E-state index is 9.98. The first kappa shape index (κ1) is 8.13. The summed E-state index contributed by atoms with van der Waals surface area (Å²) < 4.78 is 5.37. The number of halogens is 1. The first-order chi connectivity index (χ1) is 5.27. The van der Waals surface area contributed by atoms with E-state index in [-0.39, 0.29) is 5.82 Å². The molecule has 11 heavy (non-hydrogen) atoms. The number of methoxy groups -OCH3 is 1. The Hall–Kier alpha value is -0.970. The summed E-state index contributed by atoms with van der Waals surface area (Å²) in [6.45, 7) is 0. The number of pyridine rings is 1. The molecule has 5 heteroatoms. The fourth-order valence-electron chi connectivity index (χ4n) is 0.615. The molecule has 58 valence electrons. The Morgan fingerprint density at radius 1 is 1.64 bits per heavy atom. The van der Waals surface area contributed by atoms with Crippen molar-refractivity contribution in [3.63, 3.8) is 0 Å². The van der Waals surface area contributed by atoms with Crippen LogP contribution in [0.3, 0.4) is 0 Å². The van der Waals surface area contributed by atoms with Crippen molar-refractivity contribution in [2.24, 2.45) is 5.18 Å². The third kappa shape index (κ3) is 1.74. The lowest BCUT2D eigenvalue weighted by Crippen LogP contribution is -1.85. The monoisotopic (exact) mass is 216 g/mol. The summed E-state index contributed by atoms with van der Waals surface area (Å²) in [5, 5.41) is 2.66. The number of ether oxygens (including phenoxy) is 1. The van der Waals surface area contributed by atoms with Crippen LogP contribution >= 0.6 is 15.9 Å². The molecule has 0 saturated heterocycles. The van der Waals surface area contributed by atoms with Gasteiger partial charge < -0.3 is 4.74 Å². The zero-order valence-electron chi connectivity index (χ0n) is 5.74. The third-order valence-electron chi connectivity index (χ3n) is 1.11. The van der Waals surface area contributed by atoms with Gasteiger partial charge in [-0.25, -0.2) is 4.98 Å². The maximum Gasteiger partial charge on any atom is 0.197 e. The highest BCUT2D eigenvalue weighted by Gasteiger charge is 2.01. The van der Waals surface area contributed by atoms with E-state index in [9.17, 15) is 4.91 Å². The van der Waals surface area contributed by atoms with Gasteiger partial charge in [-0.3, -0.25) is 0 Å². The van der Waals surface area contributed by atoms with Gasteiger partial charge in [0.2, 0.25) is 0 Å². The van der Waals surface area contributed by atoms with Crippen LogP contribution in [0.25, 0.3) is 0 Å². The molecule has 0 aliphatic heterocycles. The summed E-state index contributed by atoms with van der Waals surface area (Å²) in [4.78, 5) is 13.8. The highest BCUT2D eigenvalue weighted by atomic mass is 79.9. The van der Waals surface area contributed by atoms with Crippen LogP contribution in [0.4, 0.5) is 5.82 Å². The first-order valence-corrected chi connectivity index (χ1v) is 3.61. The van der Waals surface area contributed by atoms with Crippen molar-refractivity contribution in [3.05, 3.63) is 21.6 Å². The normalized spacial score (nSPS) is 9.27. The van der Waals surface area contributed by atoms with Gasteiger partial charge in [0.05, 0.1) is 7.11 Å². The van der Waals surface area contributed by atoms with Crippen LogP contribution in [-0.4, -0.2) is 12.1 Å². The van der Waals surface area contributed by atoms with E-state index >= 15 is 0 Å². The minimum atomic E-state index is 0.137. The molecule has 1 aromatic heterocycles. The molecule has 0 unspecified atom stereocenters. The number of hydrogen-bond donors (Lipinski definition) is 0. The van der Waals surface area contributed by atoms with Gasteiger partial charge in [-0.15, -0.1) is 4.91 Å². The van der Waals surface area contributed by atoms with Gasteiger partial charge in [-0.2, -0.15) is 0 Å². The lowest BCUT2D eigenvalue weighted by molar-refractivity contribution is 0.410. The summed E-state index contributed by atoms with van der Waals surface area (Å²) in [7, 11) is 1.52. The largest absolute Gasteiger partial charge is 0.494 e. The second-order valence-corrected chi connectivity index (χ2v) is 2.50. The molecule has 1 aromatic rings. The van der Waals surface area contributed by atoms with E-state index in [1.165, 1.54) is 13.2 Å². The van der Waals surface area contributed by atoms with Crippen LogP contribution in [0.15, 0.2) is 21.9 Å². The Bertz CT molecular complexity index is 277. The highest BCUT2D eigenvalue weighted by molar-refractivity contribution is 9.10. The van der Waals surface area contributed by atoms with E-state index < -0.39 is 0 Å². The van der Waals surface area contributed by atoms with Gasteiger partial charge in [0.25, 0.3) is 0 Å². The van der Waals surface area contributed by atoms with Crippen LogP contribution in [0.5, 0.6) is 5.75 Å². The number of nitroso groups, excluding NO2 is 1. The molecule has 0 aliphatic rings. The zero-order chi connectivity index (χ0) is 8.27. The van der Waals surface area contributed by atoms with Crippen molar-refractivity contribution in [1.29, 1.82) is 0 Å². The molecule has 0 spiro atoms. The van der Waals surface area contributed by atoms with E-state index in [0.717, 1.165) is 0 Å². The van der Waals surface area contributed by atoms with Crippen LogP contribution in [0.1, 0.15) is 0 Å². The van der Waals surface area contributed by atoms with E-state index in [1.54, 1.807) is 6.07 Å². The van der Waals surface area contributed by atoms with Gasteiger partial charge in [0.1, 0.15) is 0 Å². The van der Waals surface area contributed by atoms with Crippen LogP contribution < -0.4 is 4.74 Å². The van der Waals surface area contributed by atoms with Gasteiger partial charge in [0.15, 0.2) is 16.2 Å². The molecule has 0 aliphatic carbocycles. The summed E-state index contributed by atoms with van der Waals surface area (Å²) in [6.07, 6.45) is 0. The topological polar surface area (TPSA) is 51.5 Å². The number of aromatic nitrogens is 1. The zero-order valence-corrected chi connectivity index (χ0v) is 7.33. The predicted molar refractivity (Wildman–Crippen MR) is 43.9 cm³/mol. The minimum Gasteiger partial charge on any atom is -0.494 e. The van der Waals surface area contributed by atoms with Crippen LogP contribution in [0, 0.1) is 4.91 Å². The van der Waals surface area contributed by atoms with E-state index in [4.69, 9.17) is 4.74 Å². The fraction of sp³-hybridized carbons (Fsp3) is 0.167. The van der Waals surface area contributed by atoms with E-state index in [0.29, 0.717) is 10.4 Å². The second kappa shape index (κ2) is 3.43. The first-order valence-electron chi connectivity index (χ1n) is 2.82. The standard InChI is InChI=1S/C6H5BrN2O2/c1-11-4-2-3-5(9-10)8-6(4)7/h2-3H,1H3. The lowest BCUT2D eigenvalue weighted by Gasteiger charge is -1.99. The Kier molecular flexibility index (Phi) is 2.53. The average Bonchev–Trinajstić information content (AvgIpc) is 2.04. The van der Waals surface area contributed by atoms with Crippen LogP contribution in [-0.2, 0) is 0 Å². The molecule has 0 radical (unpaired) electrons. The second-order valence-electron chi connectivity index (χ2n) is 1.75. The molecular weight excluding hydrogens is 212 g/mol. The van der Waals surface area contributed by atoms with Crippen molar-refractivity contribution in [2.75, 3.05) is 7.11 Å². The number of hydrogen-bond acceptors (Lipinski definition) is 4. The molecule has 0 N–H and O–H groups in total. The summed E-state index contributed by atoms with van der Waals surface area (Å²) in [5.41, 5.74) is 0. The van der Waals surface area contributed by atoms with Gasteiger partial charge in [-0.05, 0) is 33.2 Å². The predicted octanol–water partition coefficient (Wildman–Crippen LogP) is 2.25. The van der Waals surface area contributed by atoms with Crippen molar-refractivity contribution < 1.29 is 4.74 Å². The van der Waals surface area contributed by atoms with Crippen molar-refractivity contribution in [3.8, 4) is 5.75 Å². The quantitative estimate of drug-likeness (QED) is 0.563. The van der Waals surface area contributed by atoms with Gasteiger partial charge in [-0.1, -0.05) is 0 Å². The molecule has 0 fully saturated rings. The third-order valence-corrected chi connectivity index (χ3v) is 1.68. The summed E-state index contributed by atoms with van der Waals surface area (Å²) >= 11 is 3.11. The molecule has 0 bridgehead atoms. The highest BCUT2D eigenvalue weighted by Crippen LogP contribution is 2.24. The molecule has 0 amide bonds. The van der Waals surface area contributed by atoms with Crippen molar-refractivity contribution in [2.45, 2.75) is 0 Å². The van der Waals surface area contributed by atoms with Crippen molar-refractivity contribution in [1.82, 2.24) is 4.98 Å². The summed E-state index contributed by atoms with van der Waals surface area (Å²) in [6, 6.07) is 3.10. The molecular formula is C6H5BrN2O2. The Labute approximate surface area is 71.7 Å². The Morgan fingerprint density at radius 2 is 2.36 bits per heavy atom. The van der Waals surface area contributed by atoms with Gasteiger partial charge >= 0.3 is 0 Å². The SMILES string of the molecule is COc1ccc(N=O)nc1Br. The molecule has 4 nitrogen and oxygen atoms in total. The lowest BCUT2D eigenvalue weighted by atomic mass is 10.4. The molecule has 0 atom stereocenters. The molecule has 0 aromatic carbocycles. The van der Waals surface area contributed by atoms with E-state index in [2.05, 4.69) is 26.1 Å². The average molecular weight is 217 g/mol. The summed E-state index contributed by atoms with van der Waals surface area (Å²) in [5.74, 6) is 0.718. The smallest absolute Gasteiger partial charge is 0.197 e. The molecule has 0 saturated carbocycles. The van der Waals surface area contributed by atoms with Crippen LogP contribution in [0.2, 0.25) is 0 Å². The Balaban J connectivity index is 3.09. The molecule has 1 rings (SSSR count). The van der Waals surface area contributed by atoms with E-state index in [1.807, 2.05) is 0 Å². The fourth-order valence-corrected chi connectivity index (χ4v) is 1.09. The minimum absolute atomic E-state index is 0.137. The van der Waals surface area contributed by atoms with Gasteiger partial charge in [0, 0.05) is 0 Å². The molecule has 1 heterocycles. The van der Waals surface area contributed by atoms with Crippen molar-refractivity contribution >= 4 is 21.7 Å². The number of nitrogens with zero attached hydrogens (tertiary/aromatic N) is 2. The number of rotatable bonds is 2.